The number of methoxy groups -OCH3 is 1. The average Bonchev–Trinajstić information content (AvgIpc) is 3.04. The summed E-state index contributed by atoms with van der Waals surface area (Å²) >= 11 is 0. The van der Waals surface area contributed by atoms with Gasteiger partial charge in [-0.1, -0.05) is 19.9 Å². The summed E-state index contributed by atoms with van der Waals surface area (Å²) in [4.78, 5) is 56.3. The summed E-state index contributed by atoms with van der Waals surface area (Å²) in [5, 5.41) is 0.329. The number of rotatable bonds is 4. The second kappa shape index (κ2) is 11.9. The average molecular weight is 660 g/mol. The van der Waals surface area contributed by atoms with Gasteiger partial charge in [0.25, 0.3) is 11.5 Å². The van der Waals surface area contributed by atoms with Crippen LogP contribution >= 0.6 is 0 Å². The normalized spacial score (nSPS) is 20.6. The van der Waals surface area contributed by atoms with Crippen molar-refractivity contribution in [3.63, 3.8) is 0 Å². The number of likely N-dealkylation sites (N-methyl/N-ethyl adjacent to an activating group) is 1. The largest absolute Gasteiger partial charge is 0.496 e. The molecule has 3 aromatic heterocycles. The molecule has 2 amide bonds. The van der Waals surface area contributed by atoms with Crippen LogP contribution in [0.15, 0.2) is 53.6 Å². The molecule has 252 valence electrons. The van der Waals surface area contributed by atoms with Crippen molar-refractivity contribution in [2.45, 2.75) is 78.1 Å². The van der Waals surface area contributed by atoms with Gasteiger partial charge in [-0.25, -0.2) is 14.2 Å². The molecular weight excluding hydrogens is 615 g/mol. The topological polar surface area (TPSA) is 110 Å². The van der Waals surface area contributed by atoms with Crippen LogP contribution in [0.2, 0.25) is 0 Å². The molecule has 0 spiro atoms. The minimum atomic E-state index is -3.14. The van der Waals surface area contributed by atoms with E-state index in [0.29, 0.717) is 27.2 Å². The van der Waals surface area contributed by atoms with Gasteiger partial charge in [-0.3, -0.25) is 19.1 Å². The number of carbonyl (C=O) groups excluding carboxylic acids is 2. The Morgan fingerprint density at radius 3 is 2.48 bits per heavy atom. The van der Waals surface area contributed by atoms with Crippen LogP contribution in [0, 0.1) is 12.7 Å². The van der Waals surface area contributed by atoms with Gasteiger partial charge in [0.05, 0.1) is 48.4 Å². The van der Waals surface area contributed by atoms with Gasteiger partial charge in [-0.15, -0.1) is 0 Å². The molecule has 0 saturated carbocycles. The van der Waals surface area contributed by atoms with E-state index in [2.05, 4.69) is 9.97 Å². The van der Waals surface area contributed by atoms with Crippen LogP contribution in [-0.2, 0) is 9.53 Å². The van der Waals surface area contributed by atoms with Gasteiger partial charge in [0.2, 0.25) is 0 Å². The van der Waals surface area contributed by atoms with Crippen LogP contribution in [0.4, 0.5) is 20.6 Å². The molecule has 1 saturated heterocycles. The molecule has 3 unspecified atom stereocenters. The highest BCUT2D eigenvalue weighted by molar-refractivity contribution is 6.11. The summed E-state index contributed by atoms with van der Waals surface area (Å²) in [6.45, 7) is 8.97. The highest BCUT2D eigenvalue weighted by Gasteiger charge is 2.53. The number of fused-ring (bicyclic) bond motifs is 5. The number of carbonyl (C=O) groups is 2. The Hall–Kier alpha value is -5.00. The number of benzene rings is 1. The second-order valence-corrected chi connectivity index (χ2v) is 13.5. The Labute approximate surface area is 283 Å². The van der Waals surface area contributed by atoms with E-state index in [1.165, 1.54) is 34.9 Å². The van der Waals surface area contributed by atoms with E-state index in [9.17, 15) is 9.59 Å². The summed E-state index contributed by atoms with van der Waals surface area (Å²) in [6, 6.07) is 5.89. The fourth-order valence-electron chi connectivity index (χ4n) is 6.86. The Morgan fingerprint density at radius 1 is 1.06 bits per heavy atom. The fraction of sp³-hybridized carbons (Fsp3) is 0.417. The van der Waals surface area contributed by atoms with E-state index < -0.39 is 59.8 Å². The number of nitrogens with zero attached hydrogens (tertiary/aromatic N) is 6. The van der Waals surface area contributed by atoms with Crippen molar-refractivity contribution in [3.05, 3.63) is 81.8 Å². The number of halogens is 1. The smallest absolute Gasteiger partial charge is 0.410 e. The number of hydrogen-bond donors (Lipinski definition) is 0. The van der Waals surface area contributed by atoms with E-state index in [4.69, 9.17) is 13.6 Å². The van der Waals surface area contributed by atoms with E-state index in [1.807, 2.05) is 20.8 Å². The lowest BCUT2D eigenvalue weighted by atomic mass is 9.88. The SMILES string of the molecule is [2H]C([2H])([2H])N1C(=O)C2CN(C(=O)OC(C)(C)C)C(C)C(c3c(F)cccc3OC)N2c2c1c(=O)n(-c1c(C)ccnc1C(C)C)c1ncccc21. The number of aryl methyl sites for hydroxylation is 1. The van der Waals surface area contributed by atoms with Crippen molar-refractivity contribution in [3.8, 4) is 11.4 Å². The molecule has 1 aromatic carbocycles. The van der Waals surface area contributed by atoms with Gasteiger partial charge < -0.3 is 24.2 Å². The maximum atomic E-state index is 16.2. The lowest BCUT2D eigenvalue weighted by molar-refractivity contribution is -0.121. The van der Waals surface area contributed by atoms with Crippen molar-refractivity contribution in [2.24, 2.45) is 0 Å². The van der Waals surface area contributed by atoms with Crippen molar-refractivity contribution >= 4 is 34.4 Å². The summed E-state index contributed by atoms with van der Waals surface area (Å²) in [6.07, 6.45) is 2.37. The number of hydrogen-bond acceptors (Lipinski definition) is 8. The molecular formula is C36H41FN6O5. The highest BCUT2D eigenvalue weighted by Crippen LogP contribution is 2.49. The summed E-state index contributed by atoms with van der Waals surface area (Å²) in [5.41, 5.74) is -0.240. The third-order valence-electron chi connectivity index (χ3n) is 8.91. The maximum Gasteiger partial charge on any atom is 0.410 e. The quantitative estimate of drug-likeness (QED) is 0.267. The molecule has 1 fully saturated rings. The predicted octanol–water partition coefficient (Wildman–Crippen LogP) is 5.89. The molecule has 3 atom stereocenters. The van der Waals surface area contributed by atoms with Crippen LogP contribution in [0.5, 0.6) is 5.75 Å². The Morgan fingerprint density at radius 2 is 1.81 bits per heavy atom. The van der Waals surface area contributed by atoms with Crippen molar-refractivity contribution in [2.75, 3.05) is 30.4 Å². The minimum Gasteiger partial charge on any atom is -0.496 e. The fourth-order valence-corrected chi connectivity index (χ4v) is 6.86. The molecule has 5 heterocycles. The number of aromatic nitrogens is 3. The summed E-state index contributed by atoms with van der Waals surface area (Å²) < 4.78 is 54.7. The predicted molar refractivity (Wildman–Crippen MR) is 182 cm³/mol. The molecule has 12 heteroatoms. The van der Waals surface area contributed by atoms with Crippen LogP contribution in [0.25, 0.3) is 16.7 Å². The molecule has 2 aliphatic heterocycles. The lowest BCUT2D eigenvalue weighted by Gasteiger charge is -2.54. The van der Waals surface area contributed by atoms with Gasteiger partial charge in [-0.05, 0) is 76.4 Å². The zero-order chi connectivity index (χ0) is 37.3. The number of ether oxygens (including phenoxy) is 2. The molecule has 0 aliphatic carbocycles. The van der Waals surface area contributed by atoms with Crippen molar-refractivity contribution in [1.82, 2.24) is 19.4 Å². The molecule has 48 heavy (non-hydrogen) atoms. The zero-order valence-corrected chi connectivity index (χ0v) is 28.2. The second-order valence-electron chi connectivity index (χ2n) is 13.5. The van der Waals surface area contributed by atoms with Gasteiger partial charge in [0.1, 0.15) is 34.5 Å². The Balaban J connectivity index is 1.77. The van der Waals surface area contributed by atoms with Crippen LogP contribution in [0.1, 0.15) is 74.4 Å². The standard InChI is InChI=1S/C36H41FN6O5/c1-19(2)27-28(20(3)15-17-38-27)43-32-22(12-11-16-39-32)30-31(34(43)45)40(8)33(44)24-18-41(35(46)48-36(5,6)7)21(4)29(42(24)30)26-23(37)13-10-14-25(26)47-9/h10-17,19,21,24,29H,18H2,1-9H3/i8D3. The van der Waals surface area contributed by atoms with E-state index >= 15 is 9.18 Å². The third kappa shape index (κ3) is 5.14. The third-order valence-corrected chi connectivity index (χ3v) is 8.91. The number of piperazine rings is 1. The number of amides is 2. The van der Waals surface area contributed by atoms with E-state index in [-0.39, 0.29) is 35.1 Å². The number of pyridine rings is 3. The minimum absolute atomic E-state index is 0.0123. The number of anilines is 2. The maximum absolute atomic E-state index is 16.2. The van der Waals surface area contributed by atoms with E-state index in [0.717, 1.165) is 0 Å². The first-order valence-corrected chi connectivity index (χ1v) is 15.8. The monoisotopic (exact) mass is 659 g/mol. The molecule has 4 aromatic rings. The van der Waals surface area contributed by atoms with Crippen LogP contribution in [-0.4, -0.2) is 69.8 Å². The first-order chi connectivity index (χ1) is 23.9. The zero-order valence-electron chi connectivity index (χ0n) is 31.2. The summed E-state index contributed by atoms with van der Waals surface area (Å²) in [5.74, 6) is -1.67. The Bertz CT molecular complexity index is 2110. The summed E-state index contributed by atoms with van der Waals surface area (Å²) in [7, 11) is 1.38. The van der Waals surface area contributed by atoms with Crippen molar-refractivity contribution in [1.29, 1.82) is 0 Å². The van der Waals surface area contributed by atoms with Gasteiger partial charge in [0, 0.05) is 28.9 Å². The van der Waals surface area contributed by atoms with E-state index in [1.54, 1.807) is 63.1 Å². The molecule has 0 radical (unpaired) electrons. The highest BCUT2D eigenvalue weighted by atomic mass is 19.1. The molecule has 0 bridgehead atoms. The first kappa shape index (κ1) is 29.2. The van der Waals surface area contributed by atoms with Crippen LogP contribution < -0.4 is 20.1 Å². The molecule has 2 aliphatic rings. The Kier molecular flexibility index (Phi) is 7.23. The molecule has 0 N–H and O–H groups in total. The lowest BCUT2D eigenvalue weighted by Crippen LogP contribution is -2.67. The van der Waals surface area contributed by atoms with Gasteiger partial charge in [0.15, 0.2) is 0 Å². The van der Waals surface area contributed by atoms with Gasteiger partial charge in [-0.2, -0.15) is 0 Å². The molecule has 11 nitrogen and oxygen atoms in total. The van der Waals surface area contributed by atoms with Gasteiger partial charge >= 0.3 is 6.09 Å². The molecule has 6 rings (SSSR count). The first-order valence-electron chi connectivity index (χ1n) is 17.3. The van der Waals surface area contributed by atoms with Crippen molar-refractivity contribution < 1.29 is 27.6 Å². The van der Waals surface area contributed by atoms with Crippen LogP contribution in [0.3, 0.4) is 0 Å².